The van der Waals surface area contributed by atoms with Gasteiger partial charge in [-0.05, 0) is 90.2 Å². The van der Waals surface area contributed by atoms with Gasteiger partial charge in [-0.3, -0.25) is 14.9 Å². The maximum atomic E-state index is 13.2. The van der Waals surface area contributed by atoms with E-state index in [-0.39, 0.29) is 11.7 Å². The fourth-order valence-corrected chi connectivity index (χ4v) is 3.91. The average Bonchev–Trinajstić information content (AvgIpc) is 2.71. The van der Waals surface area contributed by atoms with Crippen LogP contribution in [-0.2, 0) is 9.59 Å². The zero-order valence-electron chi connectivity index (χ0n) is 18.6. The molecule has 8 heteroatoms. The molecular formula is C24H25BrN2O5. The molecule has 0 spiro atoms. The van der Waals surface area contributed by atoms with E-state index >= 15 is 0 Å². The van der Waals surface area contributed by atoms with Crippen LogP contribution in [0.2, 0.25) is 0 Å². The van der Waals surface area contributed by atoms with Crippen molar-refractivity contribution in [1.29, 1.82) is 0 Å². The van der Waals surface area contributed by atoms with Crippen molar-refractivity contribution >= 4 is 45.5 Å². The summed E-state index contributed by atoms with van der Waals surface area (Å²) in [5, 5.41) is 2.25. The number of halogens is 1. The van der Waals surface area contributed by atoms with Crippen molar-refractivity contribution in [1.82, 2.24) is 5.32 Å². The zero-order valence-corrected chi connectivity index (χ0v) is 20.2. The molecule has 1 heterocycles. The third kappa shape index (κ3) is 4.85. The fraction of sp³-hybridized carbons (Fsp3) is 0.292. The Kier molecular flexibility index (Phi) is 7.03. The van der Waals surface area contributed by atoms with Gasteiger partial charge in [-0.2, -0.15) is 0 Å². The highest BCUT2D eigenvalue weighted by Crippen LogP contribution is 2.38. The van der Waals surface area contributed by atoms with E-state index in [1.54, 1.807) is 24.3 Å². The standard InChI is InChI=1S/C24H25BrN2O5/c1-6-15(4)32-21-19(25)11-16(12-20(21)31-5)10-18-22(28)26-24(30)27(23(18)29)17-8-13(2)7-14(3)9-17/h7-12,15H,6H2,1-5H3,(H,26,28,30)/b18-10+/t15-/m0/s1. The highest BCUT2D eigenvalue weighted by Gasteiger charge is 2.37. The molecule has 1 atom stereocenters. The molecule has 1 saturated heterocycles. The van der Waals surface area contributed by atoms with Gasteiger partial charge in [0.1, 0.15) is 5.57 Å². The number of benzene rings is 2. The Morgan fingerprint density at radius 1 is 1.09 bits per heavy atom. The molecule has 0 aliphatic carbocycles. The first-order valence-electron chi connectivity index (χ1n) is 10.2. The van der Waals surface area contributed by atoms with Gasteiger partial charge in [0.25, 0.3) is 11.8 Å². The number of rotatable bonds is 6. The molecule has 1 aliphatic rings. The summed E-state index contributed by atoms with van der Waals surface area (Å²) in [6.07, 6.45) is 2.23. The number of nitrogens with zero attached hydrogens (tertiary/aromatic N) is 1. The number of carbonyl (C=O) groups excluding carboxylic acids is 3. The van der Waals surface area contributed by atoms with Crippen molar-refractivity contribution < 1.29 is 23.9 Å². The van der Waals surface area contributed by atoms with Crippen LogP contribution in [0.4, 0.5) is 10.5 Å². The summed E-state index contributed by atoms with van der Waals surface area (Å²) in [6, 6.07) is 8.00. The molecule has 1 N–H and O–H groups in total. The van der Waals surface area contributed by atoms with Crippen LogP contribution >= 0.6 is 15.9 Å². The first kappa shape index (κ1) is 23.5. The minimum absolute atomic E-state index is 0.0209. The molecule has 1 fully saturated rings. The third-order valence-corrected chi connectivity index (χ3v) is 5.61. The normalized spacial score (nSPS) is 16.2. The number of aryl methyl sites for hydroxylation is 2. The Hall–Kier alpha value is -3.13. The predicted octanol–water partition coefficient (Wildman–Crippen LogP) is 4.92. The van der Waals surface area contributed by atoms with Gasteiger partial charge in [0.2, 0.25) is 0 Å². The highest BCUT2D eigenvalue weighted by atomic mass is 79.9. The quantitative estimate of drug-likeness (QED) is 0.449. The molecule has 3 rings (SSSR count). The molecule has 0 saturated carbocycles. The molecule has 0 bridgehead atoms. The van der Waals surface area contributed by atoms with Gasteiger partial charge >= 0.3 is 6.03 Å². The van der Waals surface area contributed by atoms with Crippen LogP contribution in [0.5, 0.6) is 11.5 Å². The van der Waals surface area contributed by atoms with Gasteiger partial charge in [-0.15, -0.1) is 0 Å². The van der Waals surface area contributed by atoms with E-state index in [2.05, 4.69) is 21.2 Å². The number of anilines is 1. The lowest BCUT2D eigenvalue weighted by molar-refractivity contribution is -0.122. The van der Waals surface area contributed by atoms with Crippen LogP contribution in [0, 0.1) is 13.8 Å². The second-order valence-corrected chi connectivity index (χ2v) is 8.53. The summed E-state index contributed by atoms with van der Waals surface area (Å²) in [4.78, 5) is 39.1. The van der Waals surface area contributed by atoms with E-state index in [4.69, 9.17) is 9.47 Å². The fourth-order valence-electron chi connectivity index (χ4n) is 3.36. The second kappa shape index (κ2) is 9.56. The monoisotopic (exact) mass is 500 g/mol. The number of methoxy groups -OCH3 is 1. The summed E-state index contributed by atoms with van der Waals surface area (Å²) in [5.41, 5.74) is 2.58. The third-order valence-electron chi connectivity index (χ3n) is 5.02. The number of ether oxygens (including phenoxy) is 2. The van der Waals surface area contributed by atoms with E-state index in [1.165, 1.54) is 13.2 Å². The molecule has 2 aromatic carbocycles. The summed E-state index contributed by atoms with van der Waals surface area (Å²) in [6.45, 7) is 7.71. The molecule has 7 nitrogen and oxygen atoms in total. The lowest BCUT2D eigenvalue weighted by Gasteiger charge is -2.27. The summed E-state index contributed by atoms with van der Waals surface area (Å²) in [7, 11) is 1.51. The van der Waals surface area contributed by atoms with Gasteiger partial charge in [-0.25, -0.2) is 9.69 Å². The van der Waals surface area contributed by atoms with E-state index in [0.29, 0.717) is 27.2 Å². The molecule has 0 radical (unpaired) electrons. The van der Waals surface area contributed by atoms with Crippen LogP contribution in [0.1, 0.15) is 37.0 Å². The number of barbiturate groups is 1. The lowest BCUT2D eigenvalue weighted by Crippen LogP contribution is -2.54. The number of hydrogen-bond acceptors (Lipinski definition) is 5. The van der Waals surface area contributed by atoms with Crippen molar-refractivity contribution in [3.05, 3.63) is 57.1 Å². The highest BCUT2D eigenvalue weighted by molar-refractivity contribution is 9.10. The van der Waals surface area contributed by atoms with Crippen LogP contribution in [0.25, 0.3) is 6.08 Å². The number of amides is 4. The molecule has 1 aliphatic heterocycles. The van der Waals surface area contributed by atoms with E-state index in [9.17, 15) is 14.4 Å². The Labute approximate surface area is 195 Å². The molecule has 0 unspecified atom stereocenters. The van der Waals surface area contributed by atoms with Crippen molar-refractivity contribution in [2.75, 3.05) is 12.0 Å². The summed E-state index contributed by atoms with van der Waals surface area (Å²) >= 11 is 3.48. The van der Waals surface area contributed by atoms with Gasteiger partial charge in [-0.1, -0.05) is 13.0 Å². The largest absolute Gasteiger partial charge is 0.493 e. The molecular weight excluding hydrogens is 476 g/mol. The molecule has 4 amide bonds. The number of nitrogens with one attached hydrogen (secondary N) is 1. The van der Waals surface area contributed by atoms with E-state index < -0.39 is 17.8 Å². The SMILES string of the molecule is CC[C@H](C)Oc1c(Br)cc(/C=C2\C(=O)NC(=O)N(c3cc(C)cc(C)c3)C2=O)cc1OC. The van der Waals surface area contributed by atoms with E-state index in [0.717, 1.165) is 22.4 Å². The first-order valence-corrected chi connectivity index (χ1v) is 11.0. The minimum atomic E-state index is -0.779. The van der Waals surface area contributed by atoms with Gasteiger partial charge in [0.05, 0.1) is 23.4 Å². The Bertz CT molecular complexity index is 1110. The maximum Gasteiger partial charge on any atom is 0.335 e. The van der Waals surface area contributed by atoms with Crippen LogP contribution in [0.15, 0.2) is 40.4 Å². The maximum absolute atomic E-state index is 13.2. The van der Waals surface area contributed by atoms with Crippen LogP contribution < -0.4 is 19.7 Å². The van der Waals surface area contributed by atoms with Crippen molar-refractivity contribution in [3.63, 3.8) is 0 Å². The molecule has 0 aromatic heterocycles. The van der Waals surface area contributed by atoms with E-state index in [1.807, 2.05) is 33.8 Å². The minimum Gasteiger partial charge on any atom is -0.493 e. The molecule has 32 heavy (non-hydrogen) atoms. The Morgan fingerprint density at radius 3 is 2.34 bits per heavy atom. The number of imide groups is 2. The van der Waals surface area contributed by atoms with Gasteiger partial charge in [0.15, 0.2) is 11.5 Å². The molecule has 2 aromatic rings. The number of urea groups is 1. The van der Waals surface area contributed by atoms with Gasteiger partial charge in [0, 0.05) is 0 Å². The lowest BCUT2D eigenvalue weighted by atomic mass is 10.0. The van der Waals surface area contributed by atoms with Crippen LogP contribution in [0.3, 0.4) is 0 Å². The topological polar surface area (TPSA) is 84.9 Å². The molecule has 168 valence electrons. The first-order chi connectivity index (χ1) is 15.1. The Balaban J connectivity index is 2.03. The van der Waals surface area contributed by atoms with Crippen LogP contribution in [-0.4, -0.2) is 31.1 Å². The summed E-state index contributed by atoms with van der Waals surface area (Å²) < 4.78 is 12.0. The zero-order chi connectivity index (χ0) is 23.6. The average molecular weight is 501 g/mol. The van der Waals surface area contributed by atoms with Crippen molar-refractivity contribution in [2.24, 2.45) is 0 Å². The smallest absolute Gasteiger partial charge is 0.335 e. The van der Waals surface area contributed by atoms with Crippen molar-refractivity contribution in [2.45, 2.75) is 40.2 Å². The Morgan fingerprint density at radius 2 is 1.75 bits per heavy atom. The van der Waals surface area contributed by atoms with Gasteiger partial charge < -0.3 is 9.47 Å². The summed E-state index contributed by atoms with van der Waals surface area (Å²) in [5.74, 6) is -0.456. The second-order valence-electron chi connectivity index (χ2n) is 7.67. The number of carbonyl (C=O) groups is 3. The van der Waals surface area contributed by atoms with Crippen molar-refractivity contribution in [3.8, 4) is 11.5 Å². The predicted molar refractivity (Wildman–Crippen MR) is 126 cm³/mol. The number of hydrogen-bond donors (Lipinski definition) is 1.